The maximum atomic E-state index is 13.6. The number of ether oxygens (including phenoxy) is 1. The number of anilines is 1. The number of para-hydroxylation sites is 2. The number of carbonyl (C=O) groups excluding carboxylic acids is 1. The van der Waals surface area contributed by atoms with Crippen LogP contribution in [0.3, 0.4) is 0 Å². The summed E-state index contributed by atoms with van der Waals surface area (Å²) in [5, 5.41) is 6.45. The summed E-state index contributed by atoms with van der Waals surface area (Å²) >= 11 is 0. The zero-order valence-corrected chi connectivity index (χ0v) is 13.8. The second kappa shape index (κ2) is 8.06. The largest absolute Gasteiger partial charge is 0.492 e. The number of nitrogens with zero attached hydrogens (tertiary/aromatic N) is 2. The van der Waals surface area contributed by atoms with Gasteiger partial charge >= 0.3 is 0 Å². The smallest absolute Gasteiger partial charge is 0.276 e. The third kappa shape index (κ3) is 4.32. The van der Waals surface area contributed by atoms with E-state index in [1.165, 1.54) is 30.3 Å². The molecule has 0 atom stereocenters. The Bertz CT molecular complexity index is 957. The van der Waals surface area contributed by atoms with E-state index in [0.29, 0.717) is 5.75 Å². The van der Waals surface area contributed by atoms with Crippen molar-refractivity contribution in [2.75, 3.05) is 11.9 Å². The van der Waals surface area contributed by atoms with Crippen molar-refractivity contribution < 1.29 is 13.9 Å². The highest BCUT2D eigenvalue weighted by atomic mass is 19.1. The molecular weight excluding hydrogens is 337 g/mol. The fourth-order valence-corrected chi connectivity index (χ4v) is 2.25. The molecule has 132 valence electrons. The summed E-state index contributed by atoms with van der Waals surface area (Å²) in [7, 11) is 0. The summed E-state index contributed by atoms with van der Waals surface area (Å²) < 4.78 is 20.3. The van der Waals surface area contributed by atoms with Crippen molar-refractivity contribution in [3.63, 3.8) is 0 Å². The first-order valence-electron chi connectivity index (χ1n) is 7.95. The summed E-state index contributed by atoms with van der Waals surface area (Å²) in [5.74, 6) is -0.479. The molecule has 0 aliphatic heterocycles. The molecule has 6 nitrogen and oxygen atoms in total. The van der Waals surface area contributed by atoms with E-state index in [-0.39, 0.29) is 30.1 Å². The van der Waals surface area contributed by atoms with Crippen molar-refractivity contribution in [3.05, 3.63) is 88.6 Å². The van der Waals surface area contributed by atoms with Gasteiger partial charge in [-0.15, -0.1) is 0 Å². The quantitative estimate of drug-likeness (QED) is 0.739. The van der Waals surface area contributed by atoms with Crippen LogP contribution in [0.25, 0.3) is 0 Å². The molecule has 2 aromatic carbocycles. The van der Waals surface area contributed by atoms with Crippen LogP contribution in [0.1, 0.15) is 10.5 Å². The monoisotopic (exact) mass is 353 g/mol. The van der Waals surface area contributed by atoms with E-state index in [1.807, 2.05) is 18.2 Å². The van der Waals surface area contributed by atoms with Crippen molar-refractivity contribution in [3.8, 4) is 5.75 Å². The van der Waals surface area contributed by atoms with Crippen LogP contribution in [0.2, 0.25) is 0 Å². The van der Waals surface area contributed by atoms with Crippen molar-refractivity contribution in [2.45, 2.75) is 6.54 Å². The molecule has 0 aliphatic rings. The number of halogens is 1. The lowest BCUT2D eigenvalue weighted by atomic mass is 10.3. The van der Waals surface area contributed by atoms with Gasteiger partial charge < -0.3 is 10.1 Å². The molecule has 0 spiro atoms. The van der Waals surface area contributed by atoms with E-state index in [0.717, 1.165) is 4.68 Å². The number of amides is 1. The van der Waals surface area contributed by atoms with Gasteiger partial charge in [-0.3, -0.25) is 9.59 Å². The summed E-state index contributed by atoms with van der Waals surface area (Å²) in [5.41, 5.74) is -0.305. The minimum absolute atomic E-state index is 0.00700. The molecule has 0 aliphatic carbocycles. The van der Waals surface area contributed by atoms with Gasteiger partial charge in [-0.1, -0.05) is 30.3 Å². The number of hydrogen-bond donors (Lipinski definition) is 1. The van der Waals surface area contributed by atoms with E-state index < -0.39 is 11.7 Å². The average Bonchev–Trinajstić information content (AvgIpc) is 2.66. The highest BCUT2D eigenvalue weighted by Crippen LogP contribution is 2.13. The van der Waals surface area contributed by atoms with Crippen molar-refractivity contribution >= 4 is 11.6 Å². The van der Waals surface area contributed by atoms with Crippen LogP contribution in [-0.2, 0) is 6.54 Å². The number of hydrogen-bond acceptors (Lipinski definition) is 4. The molecule has 1 amide bonds. The fourth-order valence-electron chi connectivity index (χ4n) is 2.25. The van der Waals surface area contributed by atoms with Gasteiger partial charge in [0, 0.05) is 6.07 Å². The Labute approximate surface area is 148 Å². The SMILES string of the molecule is O=C(Nc1ccccc1F)c1ccc(=O)n(CCOc2ccccc2)n1. The second-order valence-corrected chi connectivity index (χ2v) is 5.38. The topological polar surface area (TPSA) is 73.2 Å². The minimum Gasteiger partial charge on any atom is -0.492 e. The third-order valence-electron chi connectivity index (χ3n) is 3.54. The van der Waals surface area contributed by atoms with Crippen LogP contribution in [0.15, 0.2) is 71.5 Å². The Morgan fingerprint density at radius 1 is 1.04 bits per heavy atom. The van der Waals surface area contributed by atoms with Crippen LogP contribution in [0.5, 0.6) is 5.75 Å². The molecule has 0 saturated heterocycles. The number of rotatable bonds is 6. The highest BCUT2D eigenvalue weighted by Gasteiger charge is 2.12. The standard InChI is InChI=1S/C19H16FN3O3/c20-15-8-4-5-9-16(15)21-19(25)17-10-11-18(24)23(22-17)12-13-26-14-6-2-1-3-7-14/h1-11H,12-13H2,(H,21,25). The van der Waals surface area contributed by atoms with E-state index in [1.54, 1.807) is 18.2 Å². The zero-order valence-electron chi connectivity index (χ0n) is 13.8. The Morgan fingerprint density at radius 2 is 1.77 bits per heavy atom. The van der Waals surface area contributed by atoms with Crippen molar-refractivity contribution in [1.82, 2.24) is 9.78 Å². The van der Waals surface area contributed by atoms with Gasteiger partial charge in [0.25, 0.3) is 11.5 Å². The highest BCUT2D eigenvalue weighted by molar-refractivity contribution is 6.02. The van der Waals surface area contributed by atoms with Crippen LogP contribution in [0.4, 0.5) is 10.1 Å². The predicted molar refractivity (Wildman–Crippen MR) is 94.8 cm³/mol. The van der Waals surface area contributed by atoms with E-state index in [9.17, 15) is 14.0 Å². The van der Waals surface area contributed by atoms with Crippen molar-refractivity contribution in [1.29, 1.82) is 0 Å². The molecule has 1 N–H and O–H groups in total. The predicted octanol–water partition coefficient (Wildman–Crippen LogP) is 2.71. The van der Waals surface area contributed by atoms with Gasteiger partial charge in [-0.2, -0.15) is 5.10 Å². The molecule has 1 aromatic heterocycles. The van der Waals surface area contributed by atoms with E-state index in [4.69, 9.17) is 4.74 Å². The number of nitrogens with one attached hydrogen (secondary N) is 1. The van der Waals surface area contributed by atoms with Gasteiger partial charge in [0.15, 0.2) is 0 Å². The molecule has 3 rings (SSSR count). The third-order valence-corrected chi connectivity index (χ3v) is 3.54. The van der Waals surface area contributed by atoms with Crippen LogP contribution < -0.4 is 15.6 Å². The Morgan fingerprint density at radius 3 is 2.54 bits per heavy atom. The lowest BCUT2D eigenvalue weighted by Gasteiger charge is -2.09. The van der Waals surface area contributed by atoms with E-state index in [2.05, 4.69) is 10.4 Å². The number of benzene rings is 2. The Hall–Kier alpha value is -3.48. The van der Waals surface area contributed by atoms with Crippen LogP contribution >= 0.6 is 0 Å². The Balaban J connectivity index is 1.68. The van der Waals surface area contributed by atoms with Gasteiger partial charge in [-0.05, 0) is 30.3 Å². The lowest BCUT2D eigenvalue weighted by Crippen LogP contribution is -2.28. The van der Waals surface area contributed by atoms with Crippen LogP contribution in [0, 0.1) is 5.82 Å². The van der Waals surface area contributed by atoms with Gasteiger partial charge in [-0.25, -0.2) is 9.07 Å². The van der Waals surface area contributed by atoms with E-state index >= 15 is 0 Å². The first kappa shape index (κ1) is 17.3. The molecule has 3 aromatic rings. The fraction of sp³-hybridized carbons (Fsp3) is 0.105. The van der Waals surface area contributed by atoms with Crippen molar-refractivity contribution in [2.24, 2.45) is 0 Å². The van der Waals surface area contributed by atoms with Gasteiger partial charge in [0.1, 0.15) is 23.9 Å². The minimum atomic E-state index is -0.604. The maximum absolute atomic E-state index is 13.6. The zero-order chi connectivity index (χ0) is 18.4. The molecule has 0 fully saturated rings. The molecule has 0 radical (unpaired) electrons. The second-order valence-electron chi connectivity index (χ2n) is 5.38. The summed E-state index contributed by atoms with van der Waals surface area (Å²) in [6, 6.07) is 17.5. The Kier molecular flexibility index (Phi) is 5.38. The molecular formula is C19H16FN3O3. The molecule has 1 heterocycles. The number of carbonyl (C=O) groups is 1. The van der Waals surface area contributed by atoms with Gasteiger partial charge in [0.05, 0.1) is 12.2 Å². The molecule has 0 saturated carbocycles. The summed E-state index contributed by atoms with van der Waals surface area (Å²) in [4.78, 5) is 24.1. The average molecular weight is 353 g/mol. The molecule has 26 heavy (non-hydrogen) atoms. The maximum Gasteiger partial charge on any atom is 0.276 e. The van der Waals surface area contributed by atoms with Crippen LogP contribution in [-0.4, -0.2) is 22.3 Å². The lowest BCUT2D eigenvalue weighted by molar-refractivity contribution is 0.101. The first-order valence-corrected chi connectivity index (χ1v) is 7.95. The normalized spacial score (nSPS) is 10.3. The molecule has 0 unspecified atom stereocenters. The molecule has 0 bridgehead atoms. The summed E-state index contributed by atoms with van der Waals surface area (Å²) in [6.07, 6.45) is 0. The summed E-state index contributed by atoms with van der Waals surface area (Å²) in [6.45, 7) is 0.393. The number of aromatic nitrogens is 2. The van der Waals surface area contributed by atoms with Gasteiger partial charge in [0.2, 0.25) is 0 Å². The first-order chi connectivity index (χ1) is 12.6. The molecule has 7 heteroatoms.